The predicted molar refractivity (Wildman–Crippen MR) is 51.9 cm³/mol. The lowest BCUT2D eigenvalue weighted by atomic mass is 10.3. The number of anilines is 1. The third kappa shape index (κ3) is 2.08. The van der Waals surface area contributed by atoms with Crippen LogP contribution in [-0.2, 0) is 6.61 Å². The highest BCUT2D eigenvalue weighted by Crippen LogP contribution is 2.21. The normalized spacial score (nSPS) is 10.2. The van der Waals surface area contributed by atoms with Crippen LogP contribution in [0.2, 0.25) is 5.15 Å². The molecule has 1 N–H and O–H groups in total. The van der Waals surface area contributed by atoms with E-state index in [1.165, 1.54) is 6.33 Å². The molecule has 0 atom stereocenters. The second-order valence-corrected chi connectivity index (χ2v) is 3.00. The molecule has 0 spiro atoms. The first-order valence-electron chi connectivity index (χ1n) is 4.02. The van der Waals surface area contributed by atoms with Crippen LogP contribution >= 0.6 is 11.6 Å². The van der Waals surface area contributed by atoms with Crippen molar-refractivity contribution < 1.29 is 5.11 Å². The molecular weight excluding hydrogens is 190 g/mol. The van der Waals surface area contributed by atoms with Gasteiger partial charge in [0, 0.05) is 13.6 Å². The number of aromatic nitrogens is 2. The second kappa shape index (κ2) is 4.39. The van der Waals surface area contributed by atoms with Crippen molar-refractivity contribution >= 4 is 17.4 Å². The minimum Gasteiger partial charge on any atom is -0.391 e. The van der Waals surface area contributed by atoms with Gasteiger partial charge in [0.15, 0.2) is 0 Å². The largest absolute Gasteiger partial charge is 0.391 e. The summed E-state index contributed by atoms with van der Waals surface area (Å²) in [5, 5.41) is 9.37. The van der Waals surface area contributed by atoms with Crippen molar-refractivity contribution in [3.05, 3.63) is 17.0 Å². The molecule has 0 unspecified atom stereocenters. The van der Waals surface area contributed by atoms with E-state index in [2.05, 4.69) is 9.97 Å². The summed E-state index contributed by atoms with van der Waals surface area (Å²) in [6.07, 6.45) is 1.39. The van der Waals surface area contributed by atoms with Crippen molar-refractivity contribution in [1.82, 2.24) is 9.97 Å². The molecule has 1 rings (SSSR count). The summed E-state index contributed by atoms with van der Waals surface area (Å²) in [5.74, 6) is 0.685. The first kappa shape index (κ1) is 10.2. The maximum atomic E-state index is 9.05. The smallest absolute Gasteiger partial charge is 0.140 e. The van der Waals surface area contributed by atoms with Gasteiger partial charge in [-0.3, -0.25) is 0 Å². The minimum absolute atomic E-state index is 0.140. The summed E-state index contributed by atoms with van der Waals surface area (Å²) in [4.78, 5) is 9.75. The Morgan fingerprint density at radius 3 is 2.77 bits per heavy atom. The van der Waals surface area contributed by atoms with Crippen LogP contribution in [0.25, 0.3) is 0 Å². The van der Waals surface area contributed by atoms with Crippen LogP contribution in [0.5, 0.6) is 0 Å². The number of hydrogen-bond donors (Lipinski definition) is 1. The van der Waals surface area contributed by atoms with Crippen molar-refractivity contribution in [3.63, 3.8) is 0 Å². The zero-order chi connectivity index (χ0) is 9.84. The van der Waals surface area contributed by atoms with Gasteiger partial charge in [0.05, 0.1) is 12.2 Å². The van der Waals surface area contributed by atoms with Crippen LogP contribution in [0.1, 0.15) is 12.5 Å². The average Bonchev–Trinajstić information content (AvgIpc) is 2.16. The van der Waals surface area contributed by atoms with E-state index in [-0.39, 0.29) is 6.61 Å². The first-order chi connectivity index (χ1) is 6.20. The van der Waals surface area contributed by atoms with Crippen molar-refractivity contribution in [3.8, 4) is 0 Å². The molecule has 1 aromatic heterocycles. The van der Waals surface area contributed by atoms with E-state index in [4.69, 9.17) is 16.7 Å². The van der Waals surface area contributed by atoms with Crippen molar-refractivity contribution in [1.29, 1.82) is 0 Å². The Labute approximate surface area is 82.2 Å². The Morgan fingerprint density at radius 2 is 2.23 bits per heavy atom. The Kier molecular flexibility index (Phi) is 3.45. The van der Waals surface area contributed by atoms with Gasteiger partial charge < -0.3 is 10.0 Å². The number of rotatable bonds is 3. The molecule has 1 aromatic rings. The number of aliphatic hydroxyl groups is 1. The topological polar surface area (TPSA) is 49.2 Å². The molecule has 0 aromatic carbocycles. The van der Waals surface area contributed by atoms with E-state index < -0.39 is 0 Å². The summed E-state index contributed by atoms with van der Waals surface area (Å²) in [6, 6.07) is 0. The summed E-state index contributed by atoms with van der Waals surface area (Å²) < 4.78 is 0. The van der Waals surface area contributed by atoms with Gasteiger partial charge in [-0.05, 0) is 6.92 Å². The van der Waals surface area contributed by atoms with Gasteiger partial charge >= 0.3 is 0 Å². The van der Waals surface area contributed by atoms with Crippen molar-refractivity contribution in [2.75, 3.05) is 18.5 Å². The van der Waals surface area contributed by atoms with Gasteiger partial charge in [-0.1, -0.05) is 11.6 Å². The molecule has 13 heavy (non-hydrogen) atoms. The Morgan fingerprint density at radius 1 is 1.54 bits per heavy atom. The highest BCUT2D eigenvalue weighted by Gasteiger charge is 2.10. The molecule has 0 radical (unpaired) electrons. The minimum atomic E-state index is -0.140. The lowest BCUT2D eigenvalue weighted by Gasteiger charge is -2.18. The third-order valence-electron chi connectivity index (χ3n) is 1.86. The molecule has 0 aliphatic heterocycles. The molecule has 4 nitrogen and oxygen atoms in total. The molecule has 0 aliphatic rings. The van der Waals surface area contributed by atoms with Gasteiger partial charge in [-0.25, -0.2) is 9.97 Å². The lowest BCUT2D eigenvalue weighted by molar-refractivity contribution is 0.281. The van der Waals surface area contributed by atoms with Crippen LogP contribution in [0.4, 0.5) is 5.82 Å². The van der Waals surface area contributed by atoms with E-state index in [9.17, 15) is 0 Å². The Bertz CT molecular complexity index is 293. The van der Waals surface area contributed by atoms with Crippen molar-refractivity contribution in [2.24, 2.45) is 0 Å². The van der Waals surface area contributed by atoms with E-state index in [0.29, 0.717) is 16.5 Å². The fourth-order valence-electron chi connectivity index (χ4n) is 0.997. The molecular formula is C8H12ClN3O. The quantitative estimate of drug-likeness (QED) is 0.744. The third-order valence-corrected chi connectivity index (χ3v) is 2.19. The standard InChI is InChI=1S/C8H12ClN3O/c1-3-12(2)8-6(4-13)7(9)10-5-11-8/h5,13H,3-4H2,1-2H3. The van der Waals surface area contributed by atoms with E-state index in [0.717, 1.165) is 6.54 Å². The van der Waals surface area contributed by atoms with Gasteiger partial charge in [-0.2, -0.15) is 0 Å². The fraction of sp³-hybridized carbons (Fsp3) is 0.500. The molecule has 0 saturated heterocycles. The molecule has 0 aliphatic carbocycles. The SMILES string of the molecule is CCN(C)c1ncnc(Cl)c1CO. The summed E-state index contributed by atoms with van der Waals surface area (Å²) in [6.45, 7) is 2.66. The van der Waals surface area contributed by atoms with Crippen LogP contribution in [0, 0.1) is 0 Å². The number of aliphatic hydroxyl groups excluding tert-OH is 1. The molecule has 0 amide bonds. The highest BCUT2D eigenvalue weighted by molar-refractivity contribution is 6.30. The van der Waals surface area contributed by atoms with Crippen LogP contribution in [0.3, 0.4) is 0 Å². The maximum Gasteiger partial charge on any atom is 0.140 e. The zero-order valence-corrected chi connectivity index (χ0v) is 8.41. The number of halogens is 1. The van der Waals surface area contributed by atoms with Crippen LogP contribution in [0.15, 0.2) is 6.33 Å². The molecule has 0 bridgehead atoms. The van der Waals surface area contributed by atoms with Gasteiger partial charge in [0.25, 0.3) is 0 Å². The Balaban J connectivity index is 3.12. The van der Waals surface area contributed by atoms with Crippen LogP contribution < -0.4 is 4.90 Å². The average molecular weight is 202 g/mol. The van der Waals surface area contributed by atoms with Gasteiger partial charge in [-0.15, -0.1) is 0 Å². The zero-order valence-electron chi connectivity index (χ0n) is 7.66. The first-order valence-corrected chi connectivity index (χ1v) is 4.39. The van der Waals surface area contributed by atoms with E-state index >= 15 is 0 Å². The Hall–Kier alpha value is -0.870. The monoisotopic (exact) mass is 201 g/mol. The molecule has 0 saturated carbocycles. The predicted octanol–water partition coefficient (Wildman–Crippen LogP) is 1.08. The number of hydrogen-bond acceptors (Lipinski definition) is 4. The summed E-state index contributed by atoms with van der Waals surface area (Å²) in [7, 11) is 1.89. The van der Waals surface area contributed by atoms with Gasteiger partial charge in [0.1, 0.15) is 17.3 Å². The summed E-state index contributed by atoms with van der Waals surface area (Å²) in [5.41, 5.74) is 0.577. The molecule has 72 valence electrons. The van der Waals surface area contributed by atoms with E-state index in [1.54, 1.807) is 0 Å². The molecule has 5 heteroatoms. The van der Waals surface area contributed by atoms with Crippen molar-refractivity contribution in [2.45, 2.75) is 13.5 Å². The summed E-state index contributed by atoms with van der Waals surface area (Å²) >= 11 is 5.79. The van der Waals surface area contributed by atoms with Crippen LogP contribution in [-0.4, -0.2) is 28.7 Å². The number of nitrogens with zero attached hydrogens (tertiary/aromatic N) is 3. The highest BCUT2D eigenvalue weighted by atomic mass is 35.5. The molecule has 0 fully saturated rings. The van der Waals surface area contributed by atoms with E-state index in [1.807, 2.05) is 18.9 Å². The lowest BCUT2D eigenvalue weighted by Crippen LogP contribution is -2.19. The fourth-order valence-corrected chi connectivity index (χ4v) is 1.18. The molecule has 1 heterocycles. The second-order valence-electron chi connectivity index (χ2n) is 2.64. The maximum absolute atomic E-state index is 9.05. The van der Waals surface area contributed by atoms with Gasteiger partial charge in [0.2, 0.25) is 0 Å².